The maximum Gasteiger partial charge on any atom is 0.256 e. The summed E-state index contributed by atoms with van der Waals surface area (Å²) in [6, 6.07) is 14.1. The lowest BCUT2D eigenvalue weighted by Gasteiger charge is -2.15. The van der Waals surface area contributed by atoms with Crippen LogP contribution in [0.4, 0.5) is 11.6 Å². The highest BCUT2D eigenvalue weighted by molar-refractivity contribution is 5.97. The topological polar surface area (TPSA) is 115 Å². The van der Waals surface area contributed by atoms with Crippen LogP contribution in [0.2, 0.25) is 0 Å². The van der Waals surface area contributed by atoms with Crippen LogP contribution in [0.15, 0.2) is 59.7 Å². The normalized spacial score (nSPS) is 12.5. The molecule has 0 aliphatic heterocycles. The van der Waals surface area contributed by atoms with Crippen LogP contribution in [0.25, 0.3) is 16.7 Å². The summed E-state index contributed by atoms with van der Waals surface area (Å²) in [5, 5.41) is 6.04. The number of hydrogen-bond donors (Lipinski definition) is 3. The summed E-state index contributed by atoms with van der Waals surface area (Å²) in [4.78, 5) is 34.6. The molecular formula is C26H26N6O2. The van der Waals surface area contributed by atoms with Gasteiger partial charge in [0.15, 0.2) is 5.65 Å². The SMILES string of the molecule is CNC(=O)c1cn(-c2ccc3c(c2)CCC3)c2nc(Nc3ccc(CCN)cc3)ncc2c1=O. The van der Waals surface area contributed by atoms with E-state index in [1.807, 2.05) is 30.3 Å². The molecule has 1 aliphatic rings. The predicted octanol–water partition coefficient (Wildman–Crippen LogP) is 2.87. The minimum atomic E-state index is -0.443. The first kappa shape index (κ1) is 21.8. The quantitative estimate of drug-likeness (QED) is 0.413. The summed E-state index contributed by atoms with van der Waals surface area (Å²) in [6.45, 7) is 0.596. The second-order valence-electron chi connectivity index (χ2n) is 8.42. The molecule has 4 N–H and O–H groups in total. The molecule has 0 spiro atoms. The standard InChI is InChI=1S/C26H26N6O2/c1-28-25(34)22-15-32(20-10-7-17-3-2-4-18(17)13-20)24-21(23(22)33)14-29-26(31-24)30-19-8-5-16(6-9-19)11-12-27/h5-10,13-15H,2-4,11-12,27H2,1H3,(H,28,34)(H,29,30,31). The number of carbonyl (C=O) groups excluding carboxylic acids is 1. The Hall–Kier alpha value is -4.04. The number of aryl methyl sites for hydroxylation is 2. The van der Waals surface area contributed by atoms with Crippen molar-refractivity contribution in [2.45, 2.75) is 25.7 Å². The smallest absolute Gasteiger partial charge is 0.256 e. The molecule has 2 aromatic carbocycles. The van der Waals surface area contributed by atoms with E-state index in [1.54, 1.807) is 10.8 Å². The highest BCUT2D eigenvalue weighted by Crippen LogP contribution is 2.26. The molecule has 5 rings (SSSR count). The van der Waals surface area contributed by atoms with Gasteiger partial charge in [0.05, 0.1) is 5.39 Å². The number of benzene rings is 2. The lowest BCUT2D eigenvalue weighted by atomic mass is 10.1. The van der Waals surface area contributed by atoms with Crippen LogP contribution >= 0.6 is 0 Å². The molecule has 172 valence electrons. The lowest BCUT2D eigenvalue weighted by Crippen LogP contribution is -2.27. The Kier molecular flexibility index (Phi) is 5.81. The van der Waals surface area contributed by atoms with Gasteiger partial charge in [-0.25, -0.2) is 4.98 Å². The zero-order chi connectivity index (χ0) is 23.7. The van der Waals surface area contributed by atoms with Crippen LogP contribution in [0, 0.1) is 0 Å². The molecule has 0 radical (unpaired) electrons. The van der Waals surface area contributed by atoms with Gasteiger partial charge in [-0.1, -0.05) is 18.2 Å². The van der Waals surface area contributed by atoms with E-state index >= 15 is 0 Å². The maximum atomic E-state index is 13.1. The Morgan fingerprint density at radius 3 is 2.68 bits per heavy atom. The molecule has 0 bridgehead atoms. The van der Waals surface area contributed by atoms with Gasteiger partial charge in [0.1, 0.15) is 5.56 Å². The highest BCUT2D eigenvalue weighted by Gasteiger charge is 2.19. The fourth-order valence-corrected chi connectivity index (χ4v) is 4.42. The zero-order valence-electron chi connectivity index (χ0n) is 19.0. The molecule has 0 saturated carbocycles. The zero-order valence-corrected chi connectivity index (χ0v) is 19.0. The largest absolute Gasteiger partial charge is 0.355 e. The number of anilines is 2. The molecule has 0 fully saturated rings. The monoisotopic (exact) mass is 454 g/mol. The minimum absolute atomic E-state index is 0.0512. The first-order valence-corrected chi connectivity index (χ1v) is 11.4. The lowest BCUT2D eigenvalue weighted by molar-refractivity contribution is 0.0961. The van der Waals surface area contributed by atoms with Crippen molar-refractivity contribution in [3.8, 4) is 5.69 Å². The van der Waals surface area contributed by atoms with Gasteiger partial charge in [-0.05, 0) is 73.2 Å². The number of aromatic nitrogens is 3. The number of pyridine rings is 1. The number of nitrogens with zero attached hydrogens (tertiary/aromatic N) is 3. The Morgan fingerprint density at radius 2 is 1.91 bits per heavy atom. The number of nitrogens with two attached hydrogens (primary N) is 1. The summed E-state index contributed by atoms with van der Waals surface area (Å²) >= 11 is 0. The second kappa shape index (κ2) is 9.07. The number of amides is 1. The Bertz CT molecular complexity index is 1440. The molecule has 1 amide bonds. The average molecular weight is 455 g/mol. The van der Waals surface area contributed by atoms with Crippen molar-refractivity contribution in [2.24, 2.45) is 5.73 Å². The number of nitrogens with one attached hydrogen (secondary N) is 2. The van der Waals surface area contributed by atoms with Crippen molar-refractivity contribution in [1.82, 2.24) is 19.9 Å². The molecule has 2 aromatic heterocycles. The summed E-state index contributed by atoms with van der Waals surface area (Å²) in [6.07, 6.45) is 7.08. The first-order valence-electron chi connectivity index (χ1n) is 11.4. The molecule has 34 heavy (non-hydrogen) atoms. The van der Waals surface area contributed by atoms with Crippen molar-refractivity contribution in [3.05, 3.63) is 87.3 Å². The summed E-state index contributed by atoms with van der Waals surface area (Å²) < 4.78 is 1.80. The molecule has 0 unspecified atom stereocenters. The summed E-state index contributed by atoms with van der Waals surface area (Å²) in [5.41, 5.74) is 11.2. The van der Waals surface area contributed by atoms with Crippen LogP contribution < -0.4 is 21.8 Å². The van der Waals surface area contributed by atoms with Gasteiger partial charge >= 0.3 is 0 Å². The number of rotatable bonds is 6. The maximum absolute atomic E-state index is 13.1. The molecule has 4 aromatic rings. The Morgan fingerprint density at radius 1 is 1.12 bits per heavy atom. The van der Waals surface area contributed by atoms with Crippen molar-refractivity contribution < 1.29 is 4.79 Å². The molecule has 2 heterocycles. The fraction of sp³-hybridized carbons (Fsp3) is 0.231. The molecule has 8 heteroatoms. The molecule has 0 atom stereocenters. The first-order chi connectivity index (χ1) is 16.6. The van der Waals surface area contributed by atoms with E-state index < -0.39 is 11.3 Å². The van der Waals surface area contributed by atoms with Crippen LogP contribution in [0.5, 0.6) is 0 Å². The number of fused-ring (bicyclic) bond motifs is 2. The molecule has 8 nitrogen and oxygen atoms in total. The summed E-state index contributed by atoms with van der Waals surface area (Å²) in [7, 11) is 1.51. The van der Waals surface area contributed by atoms with Crippen molar-refractivity contribution in [1.29, 1.82) is 0 Å². The van der Waals surface area contributed by atoms with Gasteiger partial charge in [0.2, 0.25) is 11.4 Å². The van der Waals surface area contributed by atoms with E-state index in [2.05, 4.69) is 32.7 Å². The van der Waals surface area contributed by atoms with Crippen molar-refractivity contribution in [2.75, 3.05) is 18.9 Å². The van der Waals surface area contributed by atoms with Gasteiger partial charge in [0.25, 0.3) is 5.91 Å². The highest BCUT2D eigenvalue weighted by atomic mass is 16.2. The summed E-state index contributed by atoms with van der Waals surface area (Å²) in [5.74, 6) is -0.0809. The van der Waals surface area contributed by atoms with E-state index in [-0.39, 0.29) is 10.9 Å². The van der Waals surface area contributed by atoms with Crippen molar-refractivity contribution >= 4 is 28.6 Å². The van der Waals surface area contributed by atoms with Crippen LogP contribution in [-0.2, 0) is 19.3 Å². The average Bonchev–Trinajstić information content (AvgIpc) is 3.33. The fourth-order valence-electron chi connectivity index (χ4n) is 4.42. The molecular weight excluding hydrogens is 428 g/mol. The van der Waals surface area contributed by atoms with Gasteiger partial charge < -0.3 is 20.9 Å². The number of hydrogen-bond acceptors (Lipinski definition) is 6. The molecule has 1 aliphatic carbocycles. The van der Waals surface area contributed by atoms with Crippen LogP contribution in [-0.4, -0.2) is 34.0 Å². The van der Waals surface area contributed by atoms with Gasteiger partial charge in [-0.15, -0.1) is 0 Å². The predicted molar refractivity (Wildman–Crippen MR) is 133 cm³/mol. The molecule has 0 saturated heterocycles. The third-order valence-electron chi connectivity index (χ3n) is 6.22. The Labute approximate surface area is 196 Å². The van der Waals surface area contributed by atoms with E-state index in [9.17, 15) is 9.59 Å². The van der Waals surface area contributed by atoms with E-state index in [0.29, 0.717) is 18.1 Å². The van der Waals surface area contributed by atoms with E-state index in [1.165, 1.54) is 24.4 Å². The van der Waals surface area contributed by atoms with E-state index in [0.717, 1.165) is 42.6 Å². The van der Waals surface area contributed by atoms with Gasteiger partial charge in [-0.3, -0.25) is 9.59 Å². The van der Waals surface area contributed by atoms with E-state index in [4.69, 9.17) is 5.73 Å². The number of carbonyl (C=O) groups is 1. The van der Waals surface area contributed by atoms with Crippen molar-refractivity contribution in [3.63, 3.8) is 0 Å². The van der Waals surface area contributed by atoms with Gasteiger partial charge in [-0.2, -0.15) is 4.98 Å². The third-order valence-corrected chi connectivity index (χ3v) is 6.22. The van der Waals surface area contributed by atoms with Crippen LogP contribution in [0.1, 0.15) is 33.5 Å². The third kappa shape index (κ3) is 4.04. The van der Waals surface area contributed by atoms with Crippen LogP contribution in [0.3, 0.4) is 0 Å². The van der Waals surface area contributed by atoms with Gasteiger partial charge in [0, 0.05) is 30.8 Å². The minimum Gasteiger partial charge on any atom is -0.355 e. The Balaban J connectivity index is 1.62. The second-order valence-corrected chi connectivity index (χ2v) is 8.42.